The minimum atomic E-state index is -3.76. The molecule has 0 radical (unpaired) electrons. The lowest BCUT2D eigenvalue weighted by molar-refractivity contribution is 0.0697. The van der Waals surface area contributed by atoms with Gasteiger partial charge in [0, 0.05) is 31.5 Å². The first-order valence-electron chi connectivity index (χ1n) is 8.53. The summed E-state index contributed by atoms with van der Waals surface area (Å²) in [4.78, 5) is 11.4. The van der Waals surface area contributed by atoms with E-state index >= 15 is 0 Å². The summed E-state index contributed by atoms with van der Waals surface area (Å²) in [6.07, 6.45) is 2.40. The summed E-state index contributed by atoms with van der Waals surface area (Å²) in [6, 6.07) is 4.21. The number of carboxylic acids is 1. The predicted molar refractivity (Wildman–Crippen MR) is 97.7 cm³/mol. The number of benzene rings is 1. The molecule has 142 valence electrons. The largest absolute Gasteiger partial charge is 0.478 e. The second kappa shape index (κ2) is 10.4. The first-order chi connectivity index (χ1) is 11.8. The third-order valence-electron chi connectivity index (χ3n) is 3.62. The van der Waals surface area contributed by atoms with Crippen molar-refractivity contribution in [2.24, 2.45) is 0 Å². The number of ether oxygens (including phenoxy) is 1. The van der Waals surface area contributed by atoms with Gasteiger partial charge in [0.2, 0.25) is 10.0 Å². The molecule has 7 nitrogen and oxygen atoms in total. The van der Waals surface area contributed by atoms with Crippen LogP contribution in [0.15, 0.2) is 23.1 Å². The highest BCUT2D eigenvalue weighted by atomic mass is 32.2. The van der Waals surface area contributed by atoms with E-state index in [-0.39, 0.29) is 23.0 Å². The molecular formula is C17H28N2O5S. The van der Waals surface area contributed by atoms with Crippen LogP contribution in [0, 0.1) is 0 Å². The Bertz CT molecular complexity index is 661. The molecule has 0 bridgehead atoms. The Hall–Kier alpha value is -1.64. The summed E-state index contributed by atoms with van der Waals surface area (Å²) in [5.41, 5.74) is 0.365. The van der Waals surface area contributed by atoms with Gasteiger partial charge in [-0.1, -0.05) is 13.3 Å². The topological polar surface area (TPSA) is 105 Å². The summed E-state index contributed by atoms with van der Waals surface area (Å²) in [6.45, 7) is 7.16. The lowest BCUT2D eigenvalue weighted by Crippen LogP contribution is -2.26. The van der Waals surface area contributed by atoms with Gasteiger partial charge < -0.3 is 15.2 Å². The summed E-state index contributed by atoms with van der Waals surface area (Å²) < 4.78 is 32.2. The van der Waals surface area contributed by atoms with E-state index in [4.69, 9.17) is 4.74 Å². The fourth-order valence-corrected chi connectivity index (χ4v) is 3.47. The van der Waals surface area contributed by atoms with Crippen LogP contribution in [0.3, 0.4) is 0 Å². The molecule has 3 N–H and O–H groups in total. The maximum atomic E-state index is 12.3. The van der Waals surface area contributed by atoms with E-state index in [1.165, 1.54) is 18.2 Å². The number of hydrogen-bond acceptors (Lipinski definition) is 5. The van der Waals surface area contributed by atoms with E-state index in [0.717, 1.165) is 12.8 Å². The highest BCUT2D eigenvalue weighted by Gasteiger charge is 2.19. The normalized spacial score (nSPS) is 12.8. The Labute approximate surface area is 149 Å². The Balaban J connectivity index is 2.90. The molecule has 8 heteroatoms. The average Bonchev–Trinajstić information content (AvgIpc) is 2.54. The zero-order chi connectivity index (χ0) is 18.9. The second-order valence-corrected chi connectivity index (χ2v) is 7.56. The van der Waals surface area contributed by atoms with Crippen molar-refractivity contribution in [3.05, 3.63) is 23.8 Å². The van der Waals surface area contributed by atoms with Crippen LogP contribution in [0.4, 0.5) is 5.69 Å². The Morgan fingerprint density at radius 1 is 1.32 bits per heavy atom. The van der Waals surface area contributed by atoms with Gasteiger partial charge in [-0.3, -0.25) is 0 Å². The van der Waals surface area contributed by atoms with Gasteiger partial charge in [-0.25, -0.2) is 17.9 Å². The zero-order valence-corrected chi connectivity index (χ0v) is 15.9. The molecule has 0 saturated carbocycles. The molecule has 0 amide bonds. The molecular weight excluding hydrogens is 344 g/mol. The molecule has 0 fully saturated rings. The van der Waals surface area contributed by atoms with Crippen molar-refractivity contribution in [3.8, 4) is 0 Å². The van der Waals surface area contributed by atoms with E-state index in [0.29, 0.717) is 25.3 Å². The maximum Gasteiger partial charge on any atom is 0.337 e. The van der Waals surface area contributed by atoms with Crippen molar-refractivity contribution in [3.63, 3.8) is 0 Å². The molecule has 1 rings (SSSR count). The maximum absolute atomic E-state index is 12.3. The molecule has 1 atom stereocenters. The number of nitrogens with one attached hydrogen (secondary N) is 2. The highest BCUT2D eigenvalue weighted by Crippen LogP contribution is 2.22. The minimum absolute atomic E-state index is 0.0554. The molecule has 0 saturated heterocycles. The van der Waals surface area contributed by atoms with E-state index in [9.17, 15) is 18.3 Å². The van der Waals surface area contributed by atoms with Crippen LogP contribution in [0.5, 0.6) is 0 Å². The van der Waals surface area contributed by atoms with Crippen molar-refractivity contribution in [1.29, 1.82) is 0 Å². The van der Waals surface area contributed by atoms with Crippen molar-refractivity contribution in [2.75, 3.05) is 25.1 Å². The first-order valence-corrected chi connectivity index (χ1v) is 10.0. The van der Waals surface area contributed by atoms with E-state index in [1.54, 1.807) is 0 Å². The number of carboxylic acid groups (broad SMARTS) is 1. The van der Waals surface area contributed by atoms with Crippen LogP contribution >= 0.6 is 0 Å². The standard InChI is InChI=1S/C17H28N2O5S/c1-4-7-13(3)19-16-9-8-14(12-15(16)17(20)21)25(22,23)18-10-6-11-24-5-2/h8-9,12-13,18-19H,4-7,10-11H2,1-3H3,(H,20,21)/t13-/m0/s1. The van der Waals surface area contributed by atoms with Gasteiger partial charge in [-0.05, 0) is 44.9 Å². The monoisotopic (exact) mass is 372 g/mol. The van der Waals surface area contributed by atoms with E-state index in [1.807, 2.05) is 20.8 Å². The van der Waals surface area contributed by atoms with Gasteiger partial charge >= 0.3 is 5.97 Å². The van der Waals surface area contributed by atoms with E-state index < -0.39 is 16.0 Å². The molecule has 0 aliphatic heterocycles. The number of carbonyl (C=O) groups is 1. The smallest absolute Gasteiger partial charge is 0.337 e. The molecule has 0 spiro atoms. The number of anilines is 1. The first kappa shape index (κ1) is 21.4. The molecule has 25 heavy (non-hydrogen) atoms. The summed E-state index contributed by atoms with van der Waals surface area (Å²) >= 11 is 0. The van der Waals surface area contributed by atoms with Crippen molar-refractivity contribution in [1.82, 2.24) is 4.72 Å². The number of rotatable bonds is 12. The van der Waals surface area contributed by atoms with Crippen LogP contribution in [0.1, 0.15) is 50.4 Å². The van der Waals surface area contributed by atoms with Gasteiger partial charge in [-0.15, -0.1) is 0 Å². The van der Waals surface area contributed by atoms with Crippen LogP contribution < -0.4 is 10.0 Å². The van der Waals surface area contributed by atoms with Gasteiger partial charge in [0.05, 0.1) is 10.5 Å². The van der Waals surface area contributed by atoms with Crippen molar-refractivity contribution in [2.45, 2.75) is 51.0 Å². The highest BCUT2D eigenvalue weighted by molar-refractivity contribution is 7.89. The molecule has 1 aromatic rings. The Morgan fingerprint density at radius 2 is 2.04 bits per heavy atom. The SMILES string of the molecule is CCC[C@H](C)Nc1ccc(S(=O)(=O)NCCCOCC)cc1C(=O)O. The molecule has 0 aliphatic carbocycles. The van der Waals surface area contributed by atoms with E-state index in [2.05, 4.69) is 10.0 Å². The lowest BCUT2D eigenvalue weighted by atomic mass is 10.1. The van der Waals surface area contributed by atoms with Gasteiger partial charge in [-0.2, -0.15) is 0 Å². The van der Waals surface area contributed by atoms with Crippen LogP contribution in [-0.2, 0) is 14.8 Å². The van der Waals surface area contributed by atoms with Gasteiger partial charge in [0.15, 0.2) is 0 Å². The average molecular weight is 372 g/mol. The van der Waals surface area contributed by atoms with Crippen molar-refractivity contribution >= 4 is 21.7 Å². The third-order valence-corrected chi connectivity index (χ3v) is 5.08. The second-order valence-electron chi connectivity index (χ2n) is 5.79. The van der Waals surface area contributed by atoms with Crippen LogP contribution in [0.25, 0.3) is 0 Å². The molecule has 0 heterocycles. The molecule has 0 unspecified atom stereocenters. The fraction of sp³-hybridized carbons (Fsp3) is 0.588. The summed E-state index contributed by atoms with van der Waals surface area (Å²) in [5.74, 6) is -1.17. The van der Waals surface area contributed by atoms with Crippen LogP contribution in [0.2, 0.25) is 0 Å². The minimum Gasteiger partial charge on any atom is -0.478 e. The summed E-state index contributed by atoms with van der Waals surface area (Å²) in [5, 5.41) is 12.5. The Morgan fingerprint density at radius 3 is 2.64 bits per heavy atom. The number of sulfonamides is 1. The molecule has 0 aliphatic rings. The van der Waals surface area contributed by atoms with Gasteiger partial charge in [0.1, 0.15) is 0 Å². The number of hydrogen-bond donors (Lipinski definition) is 3. The predicted octanol–water partition coefficient (Wildman–Crippen LogP) is 2.69. The third kappa shape index (κ3) is 7.01. The lowest BCUT2D eigenvalue weighted by Gasteiger charge is -2.17. The number of aromatic carboxylic acids is 1. The molecule has 0 aromatic heterocycles. The molecule has 1 aromatic carbocycles. The quantitative estimate of drug-likeness (QED) is 0.487. The van der Waals surface area contributed by atoms with Crippen molar-refractivity contribution < 1.29 is 23.1 Å². The fourth-order valence-electron chi connectivity index (χ4n) is 2.37. The van der Waals surface area contributed by atoms with Crippen LogP contribution in [-0.4, -0.2) is 45.3 Å². The Kier molecular flexibility index (Phi) is 8.88. The zero-order valence-electron chi connectivity index (χ0n) is 15.0. The summed E-state index contributed by atoms with van der Waals surface area (Å²) in [7, 11) is -3.76. The van der Waals surface area contributed by atoms with Gasteiger partial charge in [0.25, 0.3) is 0 Å².